The molecule has 1 fully saturated rings. The van der Waals surface area contributed by atoms with Crippen LogP contribution in [0.4, 0.5) is 0 Å². The van der Waals surface area contributed by atoms with E-state index in [1.54, 1.807) is 12.1 Å². The van der Waals surface area contributed by atoms with E-state index < -0.39 is 6.10 Å². The van der Waals surface area contributed by atoms with Crippen LogP contribution in [0.15, 0.2) is 29.1 Å². The predicted octanol–water partition coefficient (Wildman–Crippen LogP) is 1.75. The van der Waals surface area contributed by atoms with Crippen molar-refractivity contribution in [2.45, 2.75) is 25.4 Å². The zero-order valence-electron chi connectivity index (χ0n) is 11.9. The molecule has 5 heteroatoms. The van der Waals surface area contributed by atoms with Gasteiger partial charge in [0.2, 0.25) is 5.56 Å². The molecular weight excluding hydrogens is 268 g/mol. The second-order valence-electron chi connectivity index (χ2n) is 5.66. The van der Waals surface area contributed by atoms with Gasteiger partial charge in [0.05, 0.1) is 11.6 Å². The average molecular weight is 288 g/mol. The van der Waals surface area contributed by atoms with Gasteiger partial charge < -0.3 is 20.1 Å². The second-order valence-corrected chi connectivity index (χ2v) is 5.66. The SMILES string of the molecule is O=c1ccc2c(C(O)CN3CCCCC3)ccc(O)c2[nH]1. The molecule has 1 aromatic carbocycles. The average Bonchev–Trinajstić information content (AvgIpc) is 2.49. The first kappa shape index (κ1) is 14.1. The summed E-state index contributed by atoms with van der Waals surface area (Å²) in [5.41, 5.74) is 0.864. The van der Waals surface area contributed by atoms with Gasteiger partial charge in [-0.2, -0.15) is 0 Å². The van der Waals surface area contributed by atoms with Crippen molar-refractivity contribution in [3.05, 3.63) is 40.2 Å². The molecule has 2 heterocycles. The van der Waals surface area contributed by atoms with Gasteiger partial charge in [-0.05, 0) is 43.6 Å². The first-order valence-electron chi connectivity index (χ1n) is 7.40. The quantitative estimate of drug-likeness (QED) is 0.804. The third kappa shape index (κ3) is 2.94. The zero-order chi connectivity index (χ0) is 14.8. The molecule has 5 nitrogen and oxygen atoms in total. The van der Waals surface area contributed by atoms with E-state index in [1.807, 2.05) is 0 Å². The van der Waals surface area contributed by atoms with Crippen molar-refractivity contribution in [3.63, 3.8) is 0 Å². The number of aliphatic hydroxyl groups excluding tert-OH is 1. The molecule has 0 saturated carbocycles. The second kappa shape index (κ2) is 5.87. The number of piperidine rings is 1. The minimum absolute atomic E-state index is 0.0247. The summed E-state index contributed by atoms with van der Waals surface area (Å²) in [6.45, 7) is 2.62. The molecule has 1 aliphatic rings. The van der Waals surface area contributed by atoms with Crippen LogP contribution in [-0.2, 0) is 0 Å². The molecule has 112 valence electrons. The van der Waals surface area contributed by atoms with E-state index in [0.29, 0.717) is 17.4 Å². The Kier molecular flexibility index (Phi) is 3.94. The van der Waals surface area contributed by atoms with E-state index in [1.165, 1.54) is 31.4 Å². The topological polar surface area (TPSA) is 76.6 Å². The van der Waals surface area contributed by atoms with E-state index in [9.17, 15) is 15.0 Å². The summed E-state index contributed by atoms with van der Waals surface area (Å²) in [4.78, 5) is 16.3. The van der Waals surface area contributed by atoms with Crippen LogP contribution in [0.5, 0.6) is 5.75 Å². The number of benzene rings is 1. The van der Waals surface area contributed by atoms with Gasteiger partial charge in [-0.15, -0.1) is 0 Å². The molecule has 0 aliphatic carbocycles. The number of hydrogen-bond acceptors (Lipinski definition) is 4. The minimum atomic E-state index is -0.628. The smallest absolute Gasteiger partial charge is 0.248 e. The van der Waals surface area contributed by atoms with Crippen LogP contribution in [0.3, 0.4) is 0 Å². The Hall–Kier alpha value is -1.85. The van der Waals surface area contributed by atoms with Gasteiger partial charge in [-0.25, -0.2) is 0 Å². The van der Waals surface area contributed by atoms with Crippen LogP contribution in [0.2, 0.25) is 0 Å². The van der Waals surface area contributed by atoms with Crippen molar-refractivity contribution < 1.29 is 10.2 Å². The van der Waals surface area contributed by atoms with Crippen molar-refractivity contribution in [3.8, 4) is 5.75 Å². The Morgan fingerprint density at radius 2 is 1.90 bits per heavy atom. The lowest BCUT2D eigenvalue weighted by Gasteiger charge is -2.29. The number of pyridine rings is 1. The summed E-state index contributed by atoms with van der Waals surface area (Å²) in [7, 11) is 0. The highest BCUT2D eigenvalue weighted by atomic mass is 16.3. The van der Waals surface area contributed by atoms with E-state index in [0.717, 1.165) is 18.7 Å². The van der Waals surface area contributed by atoms with Crippen LogP contribution >= 0.6 is 0 Å². The molecule has 1 atom stereocenters. The highest BCUT2D eigenvalue weighted by molar-refractivity contribution is 5.87. The number of fused-ring (bicyclic) bond motifs is 1. The molecule has 0 amide bonds. The van der Waals surface area contributed by atoms with E-state index in [4.69, 9.17) is 0 Å². The number of aromatic hydroxyl groups is 1. The summed E-state index contributed by atoms with van der Waals surface area (Å²) in [6, 6.07) is 6.32. The third-order valence-corrected chi connectivity index (χ3v) is 4.15. The molecule has 0 radical (unpaired) electrons. The van der Waals surface area contributed by atoms with Gasteiger partial charge in [0.25, 0.3) is 0 Å². The number of aliphatic hydroxyl groups is 1. The fraction of sp³-hybridized carbons (Fsp3) is 0.438. The molecule has 1 unspecified atom stereocenters. The highest BCUT2D eigenvalue weighted by Gasteiger charge is 2.18. The number of H-pyrrole nitrogens is 1. The van der Waals surface area contributed by atoms with Crippen LogP contribution < -0.4 is 5.56 Å². The van der Waals surface area contributed by atoms with Crippen LogP contribution in [-0.4, -0.2) is 39.7 Å². The molecule has 1 aromatic heterocycles. The van der Waals surface area contributed by atoms with E-state index in [2.05, 4.69) is 9.88 Å². The number of β-amino-alcohol motifs (C(OH)–C–C–N with tert-alkyl or cyclic N) is 1. The monoisotopic (exact) mass is 288 g/mol. The summed E-state index contributed by atoms with van der Waals surface area (Å²) in [6.07, 6.45) is 2.99. The normalized spacial score (nSPS) is 18.0. The number of nitrogens with zero attached hydrogens (tertiary/aromatic N) is 1. The molecule has 1 aliphatic heterocycles. The summed E-state index contributed by atoms with van der Waals surface area (Å²) < 4.78 is 0. The van der Waals surface area contributed by atoms with Crippen molar-refractivity contribution in [1.82, 2.24) is 9.88 Å². The van der Waals surface area contributed by atoms with Gasteiger partial charge in [-0.1, -0.05) is 12.5 Å². The van der Waals surface area contributed by atoms with E-state index in [-0.39, 0.29) is 11.3 Å². The van der Waals surface area contributed by atoms with E-state index >= 15 is 0 Å². The maximum Gasteiger partial charge on any atom is 0.248 e. The van der Waals surface area contributed by atoms with Crippen molar-refractivity contribution in [2.24, 2.45) is 0 Å². The van der Waals surface area contributed by atoms with Crippen molar-refractivity contribution >= 4 is 10.9 Å². The van der Waals surface area contributed by atoms with Crippen molar-refractivity contribution in [1.29, 1.82) is 0 Å². The number of phenols is 1. The first-order valence-corrected chi connectivity index (χ1v) is 7.40. The van der Waals surface area contributed by atoms with Crippen LogP contribution in [0.1, 0.15) is 30.9 Å². The van der Waals surface area contributed by atoms with Crippen molar-refractivity contribution in [2.75, 3.05) is 19.6 Å². The molecule has 2 aromatic rings. The first-order chi connectivity index (χ1) is 10.1. The lowest BCUT2D eigenvalue weighted by Crippen LogP contribution is -2.33. The standard InChI is InChI=1S/C16H20N2O3/c19-13-6-4-11(12-5-7-15(21)17-16(12)13)14(20)10-18-8-2-1-3-9-18/h4-7,14,19-20H,1-3,8-10H2,(H,17,21). The predicted molar refractivity (Wildman–Crippen MR) is 81.5 cm³/mol. The Bertz CT molecular complexity index is 689. The molecule has 0 bridgehead atoms. The molecule has 0 spiro atoms. The highest BCUT2D eigenvalue weighted by Crippen LogP contribution is 2.29. The maximum absolute atomic E-state index is 11.4. The zero-order valence-corrected chi connectivity index (χ0v) is 11.9. The molecular formula is C16H20N2O3. The fourth-order valence-electron chi connectivity index (χ4n) is 3.03. The fourth-order valence-corrected chi connectivity index (χ4v) is 3.03. The number of nitrogens with one attached hydrogen (secondary N) is 1. The Labute approximate surface area is 122 Å². The minimum Gasteiger partial charge on any atom is -0.506 e. The summed E-state index contributed by atoms with van der Waals surface area (Å²) >= 11 is 0. The third-order valence-electron chi connectivity index (χ3n) is 4.15. The number of likely N-dealkylation sites (tertiary alicyclic amines) is 1. The number of aromatic amines is 1. The summed E-state index contributed by atoms with van der Waals surface area (Å²) in [5.74, 6) is 0.0247. The molecule has 1 saturated heterocycles. The Balaban J connectivity index is 1.92. The van der Waals surface area contributed by atoms with Gasteiger partial charge in [0.15, 0.2) is 0 Å². The lowest BCUT2D eigenvalue weighted by atomic mass is 10.0. The number of aromatic nitrogens is 1. The van der Waals surface area contributed by atoms with Crippen LogP contribution in [0.25, 0.3) is 10.9 Å². The lowest BCUT2D eigenvalue weighted by molar-refractivity contribution is 0.102. The Morgan fingerprint density at radius 1 is 1.14 bits per heavy atom. The number of hydrogen-bond donors (Lipinski definition) is 3. The van der Waals surface area contributed by atoms with Gasteiger partial charge in [0.1, 0.15) is 5.75 Å². The van der Waals surface area contributed by atoms with Crippen LogP contribution in [0, 0.1) is 0 Å². The number of rotatable bonds is 3. The molecule has 3 N–H and O–H groups in total. The van der Waals surface area contributed by atoms with Gasteiger partial charge >= 0.3 is 0 Å². The van der Waals surface area contributed by atoms with Gasteiger partial charge in [0, 0.05) is 18.0 Å². The largest absolute Gasteiger partial charge is 0.506 e. The van der Waals surface area contributed by atoms with Gasteiger partial charge in [-0.3, -0.25) is 4.79 Å². The number of phenolic OH excluding ortho intramolecular Hbond substituents is 1. The molecule has 21 heavy (non-hydrogen) atoms. The Morgan fingerprint density at radius 3 is 2.67 bits per heavy atom. The summed E-state index contributed by atoms with van der Waals surface area (Å²) in [5, 5.41) is 21.1. The maximum atomic E-state index is 11.4. The molecule has 3 rings (SSSR count).